The highest BCUT2D eigenvalue weighted by Crippen LogP contribution is 2.38. The lowest BCUT2D eigenvalue weighted by atomic mass is 9.92. The van der Waals surface area contributed by atoms with Gasteiger partial charge in [-0.15, -0.1) is 0 Å². The van der Waals surface area contributed by atoms with Gasteiger partial charge in [0.25, 0.3) is 0 Å². The van der Waals surface area contributed by atoms with Crippen molar-refractivity contribution in [3.05, 3.63) is 163 Å². The number of aliphatic hydroxyl groups is 1. The summed E-state index contributed by atoms with van der Waals surface area (Å²) in [6, 6.07) is 24.9. The van der Waals surface area contributed by atoms with Gasteiger partial charge >= 0.3 is 5.97 Å². The van der Waals surface area contributed by atoms with E-state index in [-0.39, 0.29) is 33.0 Å². The second-order valence-electron chi connectivity index (χ2n) is 15.9. The van der Waals surface area contributed by atoms with Crippen molar-refractivity contribution in [2.75, 3.05) is 20.1 Å². The van der Waals surface area contributed by atoms with Crippen molar-refractivity contribution in [3.63, 3.8) is 0 Å². The van der Waals surface area contributed by atoms with Crippen LogP contribution in [0.3, 0.4) is 0 Å². The highest BCUT2D eigenvalue weighted by Gasteiger charge is 2.26. The minimum Gasteiger partial charge on any atom is -0.488 e. The van der Waals surface area contributed by atoms with E-state index in [1.807, 2.05) is 42.5 Å². The first-order chi connectivity index (χ1) is 31.5. The van der Waals surface area contributed by atoms with Crippen LogP contribution in [0.15, 0.2) is 103 Å². The normalized spacial score (nSPS) is 14.0. The van der Waals surface area contributed by atoms with E-state index >= 15 is 0 Å². The fourth-order valence-corrected chi connectivity index (χ4v) is 8.34. The molecule has 1 saturated heterocycles. The number of nitriles is 1. The number of nitrogens with zero attached hydrogens (tertiary/aromatic N) is 5. The number of aliphatic imine (C=N–C) groups is 1. The van der Waals surface area contributed by atoms with E-state index in [1.165, 1.54) is 6.20 Å². The zero-order valence-corrected chi connectivity index (χ0v) is 37.9. The molecule has 65 heavy (non-hydrogen) atoms. The summed E-state index contributed by atoms with van der Waals surface area (Å²) in [6.45, 7) is 6.37. The molecule has 7 rings (SSSR count). The van der Waals surface area contributed by atoms with Gasteiger partial charge in [-0.2, -0.15) is 5.26 Å². The Hall–Kier alpha value is -6.49. The number of likely N-dealkylation sites (tertiary alicyclic amines) is 1. The van der Waals surface area contributed by atoms with Crippen molar-refractivity contribution in [3.8, 4) is 40.2 Å². The van der Waals surface area contributed by atoms with Crippen LogP contribution in [0, 0.1) is 31.1 Å². The van der Waals surface area contributed by atoms with Crippen LogP contribution in [-0.4, -0.2) is 57.4 Å². The van der Waals surface area contributed by atoms with Gasteiger partial charge in [-0.1, -0.05) is 59.6 Å². The summed E-state index contributed by atoms with van der Waals surface area (Å²) in [5.41, 5.74) is 10.3. The number of ether oxygens (including phenoxy) is 4. The SMILES string of the molecule is C/N=C/c1cncc(COc2cc(OCc3cccc(-c4cccc(COc5cc(OCc6cncc(C#N)c6)c(CO)cc5Cl)c4C)c3C)c(Cl)cc2CN2CCCC(C(=O)O)C2)c1. The summed E-state index contributed by atoms with van der Waals surface area (Å²) in [6.07, 6.45) is 9.78. The van der Waals surface area contributed by atoms with Crippen LogP contribution in [0.1, 0.15) is 68.5 Å². The fourth-order valence-electron chi connectivity index (χ4n) is 7.86. The molecule has 0 saturated carbocycles. The molecule has 0 spiro atoms. The molecular weight excluding hydrogens is 865 g/mol. The molecule has 3 heterocycles. The lowest BCUT2D eigenvalue weighted by molar-refractivity contribution is -0.143. The maximum absolute atomic E-state index is 11.8. The predicted octanol–water partition coefficient (Wildman–Crippen LogP) is 10.1. The molecule has 2 N–H and O–H groups in total. The standard InChI is InChI=1S/C51H49Cl2N5O7/c1-32-39(30-64-49-17-47(62-29-37-14-35(20-55-3)22-57-24-37)41(15-45(49)52)26-58-12-6-9-38(25-58)51(60)61)7-4-10-43(32)44-11-5-8-40(33(44)2)31-65-50-18-48(42(27-59)16-46(50)53)63-28-36-13-34(19-54)21-56-23-36/h4-5,7-8,10-11,13-18,20-24,38,59H,6,9,12,25-31H2,1-3H3,(H,60,61)/b55-20+. The number of carboxylic acid groups (broad SMARTS) is 1. The summed E-state index contributed by atoms with van der Waals surface area (Å²) in [4.78, 5) is 26.5. The van der Waals surface area contributed by atoms with Gasteiger partial charge < -0.3 is 29.2 Å². The van der Waals surface area contributed by atoms with E-state index in [9.17, 15) is 20.3 Å². The number of benzene rings is 4. The summed E-state index contributed by atoms with van der Waals surface area (Å²) < 4.78 is 25.2. The number of piperidine rings is 1. The van der Waals surface area contributed by atoms with Crippen LogP contribution in [0.2, 0.25) is 10.0 Å². The van der Waals surface area contributed by atoms with Crippen LogP contribution in [-0.2, 0) is 44.4 Å². The second kappa shape index (κ2) is 21.9. The van der Waals surface area contributed by atoms with Crippen molar-refractivity contribution in [2.45, 2.75) is 66.3 Å². The Labute approximate surface area is 388 Å². The Morgan fingerprint density at radius 2 is 1.35 bits per heavy atom. The Balaban J connectivity index is 1.07. The number of carboxylic acids is 1. The highest BCUT2D eigenvalue weighted by atomic mass is 35.5. The molecule has 0 amide bonds. The first-order valence-electron chi connectivity index (χ1n) is 21.1. The summed E-state index contributed by atoms with van der Waals surface area (Å²) in [5.74, 6) is 0.651. The lowest BCUT2D eigenvalue weighted by Crippen LogP contribution is -2.38. The Kier molecular flexibility index (Phi) is 15.7. The van der Waals surface area contributed by atoms with Gasteiger partial charge in [0.15, 0.2) is 0 Å². The van der Waals surface area contributed by atoms with Crippen molar-refractivity contribution in [1.82, 2.24) is 14.9 Å². The Morgan fingerprint density at radius 1 is 0.785 bits per heavy atom. The molecule has 0 bridgehead atoms. The largest absolute Gasteiger partial charge is 0.488 e. The van der Waals surface area contributed by atoms with Gasteiger partial charge in [-0.25, -0.2) is 0 Å². The number of hydrogen-bond acceptors (Lipinski definition) is 11. The van der Waals surface area contributed by atoms with Gasteiger partial charge in [0.1, 0.15) is 55.5 Å². The number of hydrogen-bond donors (Lipinski definition) is 2. The monoisotopic (exact) mass is 913 g/mol. The smallest absolute Gasteiger partial charge is 0.307 e. The van der Waals surface area contributed by atoms with E-state index < -0.39 is 11.9 Å². The van der Waals surface area contributed by atoms with Gasteiger partial charge in [0.05, 0.1) is 28.1 Å². The van der Waals surface area contributed by atoms with E-state index in [1.54, 1.807) is 50.1 Å². The zero-order chi connectivity index (χ0) is 45.9. The molecule has 1 fully saturated rings. The highest BCUT2D eigenvalue weighted by molar-refractivity contribution is 6.32. The molecule has 334 valence electrons. The van der Waals surface area contributed by atoms with Crippen LogP contribution in [0.5, 0.6) is 23.0 Å². The van der Waals surface area contributed by atoms with Crippen molar-refractivity contribution in [1.29, 1.82) is 5.26 Å². The number of carbonyl (C=O) groups is 1. The predicted molar refractivity (Wildman–Crippen MR) is 250 cm³/mol. The summed E-state index contributed by atoms with van der Waals surface area (Å²) >= 11 is 13.6. The number of halogens is 2. The van der Waals surface area contributed by atoms with Gasteiger partial charge in [-0.05, 0) is 90.9 Å². The van der Waals surface area contributed by atoms with E-state index in [0.29, 0.717) is 69.2 Å². The third kappa shape index (κ3) is 11.8. The summed E-state index contributed by atoms with van der Waals surface area (Å²) in [5, 5.41) is 29.8. The molecular formula is C51H49Cl2N5O7. The minimum atomic E-state index is -0.781. The molecule has 1 atom stereocenters. The number of rotatable bonds is 18. The molecule has 1 aliphatic heterocycles. The Morgan fingerprint density at radius 3 is 1.94 bits per heavy atom. The zero-order valence-electron chi connectivity index (χ0n) is 36.4. The maximum atomic E-state index is 11.8. The molecule has 1 aliphatic rings. The summed E-state index contributed by atoms with van der Waals surface area (Å²) in [7, 11) is 1.71. The molecule has 2 aromatic heterocycles. The van der Waals surface area contributed by atoms with E-state index in [0.717, 1.165) is 63.0 Å². The fraction of sp³-hybridized carbons (Fsp3) is 0.275. The van der Waals surface area contributed by atoms with Crippen LogP contribution in [0.25, 0.3) is 11.1 Å². The van der Waals surface area contributed by atoms with Crippen molar-refractivity contribution < 1.29 is 34.0 Å². The molecule has 4 aromatic carbocycles. The maximum Gasteiger partial charge on any atom is 0.307 e. The first-order valence-corrected chi connectivity index (χ1v) is 21.9. The quantitative estimate of drug-likeness (QED) is 0.0790. The van der Waals surface area contributed by atoms with Crippen LogP contribution >= 0.6 is 23.2 Å². The first kappa shape index (κ1) is 46.5. The number of aliphatic carboxylic acids is 1. The molecule has 0 aliphatic carbocycles. The molecule has 12 nitrogen and oxygen atoms in total. The number of pyridine rings is 2. The topological polar surface area (TPSA) is 160 Å². The third-order valence-corrected chi connectivity index (χ3v) is 12.0. The lowest BCUT2D eigenvalue weighted by Gasteiger charge is -2.31. The van der Waals surface area contributed by atoms with Gasteiger partial charge in [0, 0.05) is 91.1 Å². The van der Waals surface area contributed by atoms with Crippen LogP contribution < -0.4 is 18.9 Å². The molecule has 14 heteroatoms. The average molecular weight is 915 g/mol. The molecule has 1 unspecified atom stereocenters. The van der Waals surface area contributed by atoms with Gasteiger partial charge in [0.2, 0.25) is 0 Å². The number of aromatic nitrogens is 2. The second-order valence-corrected chi connectivity index (χ2v) is 16.7. The molecule has 0 radical (unpaired) electrons. The Bertz CT molecular complexity index is 2740. The minimum absolute atomic E-state index is 0.135. The van der Waals surface area contributed by atoms with Crippen molar-refractivity contribution in [2.24, 2.45) is 10.9 Å². The van der Waals surface area contributed by atoms with Gasteiger partial charge in [-0.3, -0.25) is 24.7 Å². The van der Waals surface area contributed by atoms with Crippen molar-refractivity contribution >= 4 is 35.4 Å². The molecule has 6 aromatic rings. The van der Waals surface area contributed by atoms with E-state index in [2.05, 4.69) is 51.9 Å². The third-order valence-electron chi connectivity index (χ3n) is 11.4. The van der Waals surface area contributed by atoms with E-state index in [4.69, 9.17) is 42.1 Å². The van der Waals surface area contributed by atoms with Crippen LogP contribution in [0.4, 0.5) is 0 Å². The number of aliphatic hydroxyl groups excluding tert-OH is 1. The average Bonchev–Trinajstić information content (AvgIpc) is 3.31.